The fourth-order valence-corrected chi connectivity index (χ4v) is 1.94. The Morgan fingerprint density at radius 3 is 2.42 bits per heavy atom. The Labute approximate surface area is 113 Å². The van der Waals surface area contributed by atoms with Crippen LogP contribution in [0.15, 0.2) is 0 Å². The molecule has 1 saturated carbocycles. The van der Waals surface area contributed by atoms with Gasteiger partial charge in [-0.2, -0.15) is 0 Å². The van der Waals surface area contributed by atoms with Crippen LogP contribution in [-0.4, -0.2) is 49.4 Å². The lowest BCUT2D eigenvalue weighted by atomic mass is 9.84. The van der Waals surface area contributed by atoms with Crippen LogP contribution in [0.1, 0.15) is 32.6 Å². The molecule has 0 heterocycles. The molecule has 1 fully saturated rings. The number of amides is 2. The summed E-state index contributed by atoms with van der Waals surface area (Å²) in [6.07, 6.45) is 3.13. The van der Waals surface area contributed by atoms with Gasteiger partial charge in [0.25, 0.3) is 0 Å². The lowest BCUT2D eigenvalue weighted by Gasteiger charge is -2.31. The van der Waals surface area contributed by atoms with E-state index >= 15 is 0 Å². The Morgan fingerprint density at radius 1 is 1.26 bits per heavy atom. The van der Waals surface area contributed by atoms with E-state index < -0.39 is 0 Å². The van der Waals surface area contributed by atoms with Crippen LogP contribution in [0.5, 0.6) is 0 Å². The Balaban J connectivity index is 2.43. The molecule has 1 aliphatic rings. The van der Waals surface area contributed by atoms with Crippen molar-refractivity contribution in [2.45, 2.75) is 32.6 Å². The van der Waals surface area contributed by atoms with Gasteiger partial charge in [-0.1, -0.05) is 6.42 Å². The van der Waals surface area contributed by atoms with Gasteiger partial charge in [-0.15, -0.1) is 0 Å². The lowest BCUT2D eigenvalue weighted by molar-refractivity contribution is -0.143. The number of nitrogens with one attached hydrogen (secondary N) is 1. The quantitative estimate of drug-likeness (QED) is 0.676. The highest BCUT2D eigenvalue weighted by Gasteiger charge is 2.29. The van der Waals surface area contributed by atoms with E-state index in [9.17, 15) is 14.4 Å². The number of ether oxygens (including phenoxy) is 1. The largest absolute Gasteiger partial charge is 0.469 e. The zero-order valence-electron chi connectivity index (χ0n) is 11.6. The fraction of sp³-hybridized carbons (Fsp3) is 0.769. The molecule has 108 valence electrons. The van der Waals surface area contributed by atoms with Gasteiger partial charge in [0.05, 0.1) is 13.5 Å². The van der Waals surface area contributed by atoms with Crippen LogP contribution in [0, 0.1) is 5.92 Å². The van der Waals surface area contributed by atoms with Crippen molar-refractivity contribution in [2.75, 3.05) is 26.7 Å². The average Bonchev–Trinajstić information content (AvgIpc) is 2.30. The van der Waals surface area contributed by atoms with Gasteiger partial charge in [0.2, 0.25) is 11.8 Å². The summed E-state index contributed by atoms with van der Waals surface area (Å²) in [5, 5.41) is 2.66. The number of hydrogen-bond acceptors (Lipinski definition) is 4. The maximum absolute atomic E-state index is 12.2. The molecule has 0 aliphatic heterocycles. The maximum Gasteiger partial charge on any atom is 0.307 e. The number of esters is 1. The van der Waals surface area contributed by atoms with Gasteiger partial charge in [-0.05, 0) is 12.8 Å². The van der Waals surface area contributed by atoms with Crippen molar-refractivity contribution in [1.82, 2.24) is 10.2 Å². The zero-order chi connectivity index (χ0) is 14.3. The second-order valence-electron chi connectivity index (χ2n) is 4.76. The van der Waals surface area contributed by atoms with Crippen LogP contribution in [0.2, 0.25) is 0 Å². The molecule has 0 aromatic rings. The van der Waals surface area contributed by atoms with Gasteiger partial charge in [0.15, 0.2) is 0 Å². The molecule has 1 N–H and O–H groups in total. The van der Waals surface area contributed by atoms with Crippen LogP contribution < -0.4 is 5.32 Å². The predicted molar refractivity (Wildman–Crippen MR) is 69.2 cm³/mol. The van der Waals surface area contributed by atoms with Crippen molar-refractivity contribution in [2.24, 2.45) is 5.92 Å². The molecule has 19 heavy (non-hydrogen) atoms. The van der Waals surface area contributed by atoms with Crippen molar-refractivity contribution in [3.8, 4) is 0 Å². The Bertz CT molecular complexity index is 340. The molecule has 0 bridgehead atoms. The number of methoxy groups -OCH3 is 1. The van der Waals surface area contributed by atoms with Crippen molar-refractivity contribution in [3.63, 3.8) is 0 Å². The lowest BCUT2D eigenvalue weighted by Crippen LogP contribution is -2.43. The molecule has 1 rings (SSSR count). The van der Waals surface area contributed by atoms with E-state index in [1.165, 1.54) is 14.0 Å². The van der Waals surface area contributed by atoms with Crippen molar-refractivity contribution >= 4 is 17.8 Å². The first kappa shape index (κ1) is 15.5. The average molecular weight is 270 g/mol. The smallest absolute Gasteiger partial charge is 0.307 e. The Kier molecular flexibility index (Phi) is 6.32. The third kappa shape index (κ3) is 5.28. The topological polar surface area (TPSA) is 75.7 Å². The van der Waals surface area contributed by atoms with Gasteiger partial charge in [0.1, 0.15) is 0 Å². The molecule has 0 radical (unpaired) electrons. The number of carbonyl (C=O) groups excluding carboxylic acids is 3. The molecule has 0 atom stereocenters. The Hall–Kier alpha value is -1.59. The molecule has 6 nitrogen and oxygen atoms in total. The molecule has 1 aliphatic carbocycles. The first-order valence-electron chi connectivity index (χ1n) is 6.64. The SMILES string of the molecule is COC(=O)CCN(CCNC(C)=O)C(=O)C1CCC1. The van der Waals surface area contributed by atoms with E-state index in [0.29, 0.717) is 19.6 Å². The normalized spacial score (nSPS) is 14.4. The van der Waals surface area contributed by atoms with Crippen LogP contribution in [-0.2, 0) is 19.1 Å². The first-order chi connectivity index (χ1) is 9.04. The van der Waals surface area contributed by atoms with Crippen molar-refractivity contribution in [3.05, 3.63) is 0 Å². The molecule has 6 heteroatoms. The number of carbonyl (C=O) groups is 3. The van der Waals surface area contributed by atoms with Crippen LogP contribution in [0.3, 0.4) is 0 Å². The van der Waals surface area contributed by atoms with Crippen LogP contribution in [0.25, 0.3) is 0 Å². The summed E-state index contributed by atoms with van der Waals surface area (Å²) in [7, 11) is 1.33. The third-order valence-corrected chi connectivity index (χ3v) is 3.34. The molecule has 0 spiro atoms. The van der Waals surface area contributed by atoms with Crippen molar-refractivity contribution < 1.29 is 19.1 Å². The fourth-order valence-electron chi connectivity index (χ4n) is 1.94. The van der Waals surface area contributed by atoms with Gasteiger partial charge >= 0.3 is 5.97 Å². The summed E-state index contributed by atoms with van der Waals surface area (Å²) in [5.41, 5.74) is 0. The molecule has 0 aromatic carbocycles. The van der Waals surface area contributed by atoms with E-state index in [-0.39, 0.29) is 30.1 Å². The van der Waals surface area contributed by atoms with E-state index in [1.807, 2.05) is 0 Å². The summed E-state index contributed by atoms with van der Waals surface area (Å²) < 4.78 is 4.58. The van der Waals surface area contributed by atoms with Crippen LogP contribution in [0.4, 0.5) is 0 Å². The minimum atomic E-state index is -0.328. The minimum Gasteiger partial charge on any atom is -0.469 e. The molecule has 0 aromatic heterocycles. The highest BCUT2D eigenvalue weighted by Crippen LogP contribution is 2.28. The molecule has 0 unspecified atom stereocenters. The van der Waals surface area contributed by atoms with E-state index in [2.05, 4.69) is 10.1 Å². The van der Waals surface area contributed by atoms with Gasteiger partial charge < -0.3 is 15.0 Å². The summed E-state index contributed by atoms with van der Waals surface area (Å²) in [6.45, 7) is 2.63. The standard InChI is InChI=1S/C13H22N2O4/c1-10(16)14-7-9-15(8-6-12(17)19-2)13(18)11-4-3-5-11/h11H,3-9H2,1-2H3,(H,14,16). The molecule has 2 amide bonds. The highest BCUT2D eigenvalue weighted by molar-refractivity contribution is 5.80. The summed E-state index contributed by atoms with van der Waals surface area (Å²) in [6, 6.07) is 0. The van der Waals surface area contributed by atoms with Crippen LogP contribution >= 0.6 is 0 Å². The molecular formula is C13H22N2O4. The number of rotatable bonds is 7. The Morgan fingerprint density at radius 2 is 1.95 bits per heavy atom. The van der Waals surface area contributed by atoms with Gasteiger partial charge in [-0.25, -0.2) is 0 Å². The number of nitrogens with zero attached hydrogens (tertiary/aromatic N) is 1. The highest BCUT2D eigenvalue weighted by atomic mass is 16.5. The second-order valence-corrected chi connectivity index (χ2v) is 4.76. The number of hydrogen-bond donors (Lipinski definition) is 1. The van der Waals surface area contributed by atoms with Gasteiger partial charge in [0, 0.05) is 32.5 Å². The third-order valence-electron chi connectivity index (χ3n) is 3.34. The van der Waals surface area contributed by atoms with E-state index in [1.54, 1.807) is 4.90 Å². The minimum absolute atomic E-state index is 0.0838. The summed E-state index contributed by atoms with van der Waals surface area (Å²) >= 11 is 0. The maximum atomic E-state index is 12.2. The molecular weight excluding hydrogens is 248 g/mol. The monoisotopic (exact) mass is 270 g/mol. The second kappa shape index (κ2) is 7.76. The van der Waals surface area contributed by atoms with E-state index in [4.69, 9.17) is 0 Å². The van der Waals surface area contributed by atoms with Gasteiger partial charge in [-0.3, -0.25) is 14.4 Å². The van der Waals surface area contributed by atoms with E-state index in [0.717, 1.165) is 19.3 Å². The predicted octanol–water partition coefficient (Wildman–Crippen LogP) is 0.314. The summed E-state index contributed by atoms with van der Waals surface area (Å²) in [4.78, 5) is 35.8. The first-order valence-corrected chi connectivity index (χ1v) is 6.64. The molecule has 0 saturated heterocycles. The van der Waals surface area contributed by atoms with Crippen molar-refractivity contribution in [1.29, 1.82) is 0 Å². The zero-order valence-corrected chi connectivity index (χ0v) is 11.6. The summed E-state index contributed by atoms with van der Waals surface area (Å²) in [5.74, 6) is -0.273.